The van der Waals surface area contributed by atoms with Gasteiger partial charge in [0.25, 0.3) is 0 Å². The van der Waals surface area contributed by atoms with Crippen molar-refractivity contribution in [3.05, 3.63) is 10.6 Å². The minimum atomic E-state index is 0. The number of nitrogens with zero attached hydrogens (tertiary/aromatic N) is 4. The number of aromatic nitrogens is 2. The maximum absolute atomic E-state index is 5.85. The first kappa shape index (κ1) is 15.6. The summed E-state index contributed by atoms with van der Waals surface area (Å²) < 4.78 is 3.85. The molecule has 0 radical (unpaired) electrons. The second kappa shape index (κ2) is 7.77. The van der Waals surface area contributed by atoms with Crippen LogP contribution in [0, 0.1) is 6.92 Å². The SMILES string of the molecule is CCN(CC)C(N)=NCc1snnc1C.I. The predicted octanol–water partition coefficient (Wildman–Crippen LogP) is 1.62. The molecule has 2 N–H and O–H groups in total. The van der Waals surface area contributed by atoms with Gasteiger partial charge in [0.15, 0.2) is 5.96 Å². The topological polar surface area (TPSA) is 67.4 Å². The monoisotopic (exact) mass is 355 g/mol. The number of aryl methyl sites for hydroxylation is 1. The largest absolute Gasteiger partial charge is 0.370 e. The van der Waals surface area contributed by atoms with Gasteiger partial charge in [0, 0.05) is 13.1 Å². The Balaban J connectivity index is 0.00000225. The molecule has 0 aliphatic heterocycles. The van der Waals surface area contributed by atoms with Crippen molar-refractivity contribution in [1.82, 2.24) is 14.5 Å². The van der Waals surface area contributed by atoms with E-state index in [0.29, 0.717) is 12.5 Å². The number of rotatable bonds is 4. The van der Waals surface area contributed by atoms with Crippen LogP contribution in [0.3, 0.4) is 0 Å². The molecule has 16 heavy (non-hydrogen) atoms. The second-order valence-corrected chi connectivity index (χ2v) is 3.97. The van der Waals surface area contributed by atoms with E-state index in [1.165, 1.54) is 11.5 Å². The van der Waals surface area contributed by atoms with Gasteiger partial charge in [-0.05, 0) is 32.3 Å². The van der Waals surface area contributed by atoms with Gasteiger partial charge in [0.1, 0.15) is 0 Å². The third-order valence-corrected chi connectivity index (χ3v) is 3.03. The van der Waals surface area contributed by atoms with E-state index in [9.17, 15) is 0 Å². The normalized spacial score (nSPS) is 11.1. The van der Waals surface area contributed by atoms with Crippen LogP contribution in [0.5, 0.6) is 0 Å². The van der Waals surface area contributed by atoms with Gasteiger partial charge >= 0.3 is 0 Å². The highest BCUT2D eigenvalue weighted by atomic mass is 127. The molecule has 1 aromatic heterocycles. The Morgan fingerprint density at radius 1 is 1.44 bits per heavy atom. The molecule has 0 amide bonds. The number of nitrogens with two attached hydrogens (primary N) is 1. The Morgan fingerprint density at radius 3 is 2.50 bits per heavy atom. The Bertz CT molecular complexity index is 334. The van der Waals surface area contributed by atoms with Gasteiger partial charge in [-0.15, -0.1) is 29.1 Å². The van der Waals surface area contributed by atoms with Crippen LogP contribution in [0.4, 0.5) is 0 Å². The van der Waals surface area contributed by atoms with E-state index in [1.54, 1.807) is 0 Å². The molecule has 0 aliphatic rings. The Hall–Kier alpha value is -0.440. The van der Waals surface area contributed by atoms with Crippen molar-refractivity contribution >= 4 is 41.5 Å². The van der Waals surface area contributed by atoms with Crippen molar-refractivity contribution in [3.63, 3.8) is 0 Å². The van der Waals surface area contributed by atoms with Crippen molar-refractivity contribution in [3.8, 4) is 0 Å². The molecule has 1 heterocycles. The molecule has 0 saturated heterocycles. The lowest BCUT2D eigenvalue weighted by Crippen LogP contribution is -2.37. The average Bonchev–Trinajstić information content (AvgIpc) is 2.63. The summed E-state index contributed by atoms with van der Waals surface area (Å²) in [5.41, 5.74) is 6.79. The Kier molecular flexibility index (Phi) is 7.56. The molecule has 5 nitrogen and oxygen atoms in total. The quantitative estimate of drug-likeness (QED) is 0.506. The molecule has 0 bridgehead atoms. The second-order valence-electron chi connectivity index (χ2n) is 3.13. The van der Waals surface area contributed by atoms with Gasteiger partial charge in [0.2, 0.25) is 0 Å². The highest BCUT2D eigenvalue weighted by Gasteiger charge is 2.04. The van der Waals surface area contributed by atoms with E-state index in [4.69, 9.17) is 5.73 Å². The number of aliphatic imine (C=N–C) groups is 1. The molecule has 1 aromatic rings. The Morgan fingerprint density at radius 2 is 2.06 bits per heavy atom. The van der Waals surface area contributed by atoms with Crippen LogP contribution < -0.4 is 5.73 Å². The van der Waals surface area contributed by atoms with E-state index in [-0.39, 0.29) is 24.0 Å². The number of hydrogen-bond donors (Lipinski definition) is 1. The Labute approximate surface area is 117 Å². The van der Waals surface area contributed by atoms with Crippen molar-refractivity contribution in [1.29, 1.82) is 0 Å². The van der Waals surface area contributed by atoms with Crippen molar-refractivity contribution in [2.45, 2.75) is 27.3 Å². The van der Waals surface area contributed by atoms with Gasteiger partial charge in [-0.2, -0.15) is 0 Å². The van der Waals surface area contributed by atoms with Crippen LogP contribution in [0.1, 0.15) is 24.4 Å². The summed E-state index contributed by atoms with van der Waals surface area (Å²) >= 11 is 1.38. The summed E-state index contributed by atoms with van der Waals surface area (Å²) in [6, 6.07) is 0. The summed E-state index contributed by atoms with van der Waals surface area (Å²) in [6.07, 6.45) is 0. The molecule has 0 aliphatic carbocycles. The van der Waals surface area contributed by atoms with E-state index in [2.05, 4.69) is 28.4 Å². The summed E-state index contributed by atoms with van der Waals surface area (Å²) in [4.78, 5) is 7.41. The summed E-state index contributed by atoms with van der Waals surface area (Å²) in [5, 5.41) is 3.92. The van der Waals surface area contributed by atoms with Gasteiger partial charge in [-0.3, -0.25) is 0 Å². The summed E-state index contributed by atoms with van der Waals surface area (Å²) in [5.74, 6) is 0.591. The highest BCUT2D eigenvalue weighted by Crippen LogP contribution is 2.10. The predicted molar refractivity (Wildman–Crippen MR) is 78.3 cm³/mol. The van der Waals surface area contributed by atoms with Crippen LogP contribution in [-0.4, -0.2) is 33.5 Å². The molecule has 0 fully saturated rings. The smallest absolute Gasteiger partial charge is 0.191 e. The molecular weight excluding hydrogens is 337 g/mol. The van der Waals surface area contributed by atoms with Crippen molar-refractivity contribution in [2.24, 2.45) is 10.7 Å². The first-order valence-corrected chi connectivity index (χ1v) is 5.79. The average molecular weight is 355 g/mol. The molecular formula is C9H18IN5S. The van der Waals surface area contributed by atoms with E-state index in [0.717, 1.165) is 23.7 Å². The third-order valence-electron chi connectivity index (χ3n) is 2.22. The lowest BCUT2D eigenvalue weighted by atomic mass is 10.4. The van der Waals surface area contributed by atoms with Gasteiger partial charge < -0.3 is 10.6 Å². The lowest BCUT2D eigenvalue weighted by molar-refractivity contribution is 0.458. The van der Waals surface area contributed by atoms with Crippen molar-refractivity contribution < 1.29 is 0 Å². The maximum Gasteiger partial charge on any atom is 0.191 e. The molecule has 0 aromatic carbocycles. The van der Waals surface area contributed by atoms with Gasteiger partial charge in [0.05, 0.1) is 17.1 Å². The molecule has 7 heteroatoms. The number of halogens is 1. The maximum atomic E-state index is 5.85. The van der Waals surface area contributed by atoms with Gasteiger partial charge in [-0.1, -0.05) is 4.49 Å². The van der Waals surface area contributed by atoms with Gasteiger partial charge in [-0.25, -0.2) is 4.99 Å². The highest BCUT2D eigenvalue weighted by molar-refractivity contribution is 14.0. The molecule has 0 atom stereocenters. The zero-order valence-electron chi connectivity index (χ0n) is 9.80. The first-order chi connectivity index (χ1) is 7.19. The summed E-state index contributed by atoms with van der Waals surface area (Å²) in [6.45, 7) is 8.39. The molecule has 92 valence electrons. The zero-order valence-corrected chi connectivity index (χ0v) is 13.0. The van der Waals surface area contributed by atoms with E-state index in [1.807, 2.05) is 11.8 Å². The van der Waals surface area contributed by atoms with Crippen LogP contribution in [0.25, 0.3) is 0 Å². The molecule has 0 spiro atoms. The standard InChI is InChI=1S/C9H17N5S.HI/c1-4-14(5-2)9(10)11-6-8-7(3)12-13-15-8;/h4-6H2,1-3H3,(H2,10,11);1H. The zero-order chi connectivity index (χ0) is 11.3. The van der Waals surface area contributed by atoms with E-state index >= 15 is 0 Å². The fourth-order valence-corrected chi connectivity index (χ4v) is 1.75. The third kappa shape index (κ3) is 4.20. The lowest BCUT2D eigenvalue weighted by Gasteiger charge is -2.19. The van der Waals surface area contributed by atoms with Crippen LogP contribution in [0.15, 0.2) is 4.99 Å². The minimum absolute atomic E-state index is 0. The molecule has 1 rings (SSSR count). The van der Waals surface area contributed by atoms with E-state index < -0.39 is 0 Å². The van der Waals surface area contributed by atoms with Crippen molar-refractivity contribution in [2.75, 3.05) is 13.1 Å². The number of hydrogen-bond acceptors (Lipinski definition) is 4. The fourth-order valence-electron chi connectivity index (χ4n) is 1.20. The summed E-state index contributed by atoms with van der Waals surface area (Å²) in [7, 11) is 0. The minimum Gasteiger partial charge on any atom is -0.370 e. The molecule has 0 unspecified atom stereocenters. The molecule has 0 saturated carbocycles. The van der Waals surface area contributed by atoms with Crippen LogP contribution >= 0.6 is 35.5 Å². The number of guanidine groups is 1. The fraction of sp³-hybridized carbons (Fsp3) is 0.667. The van der Waals surface area contributed by atoms with Crippen LogP contribution in [0.2, 0.25) is 0 Å². The van der Waals surface area contributed by atoms with Crippen LogP contribution in [-0.2, 0) is 6.54 Å². The first-order valence-electron chi connectivity index (χ1n) is 5.01.